The largest absolute Gasteiger partial charge is 0.461 e. The summed E-state index contributed by atoms with van der Waals surface area (Å²) in [5.41, 5.74) is 5.77. The van der Waals surface area contributed by atoms with Gasteiger partial charge in [0, 0.05) is 5.41 Å². The van der Waals surface area contributed by atoms with Gasteiger partial charge in [-0.25, -0.2) is 0 Å². The molecule has 0 aliphatic rings. The van der Waals surface area contributed by atoms with E-state index in [0.29, 0.717) is 0 Å². The molecule has 2 atom stereocenters. The smallest absolute Gasteiger partial charge is 0.323 e. The lowest BCUT2D eigenvalue weighted by Gasteiger charge is -2.32. The summed E-state index contributed by atoms with van der Waals surface area (Å²) in [6.45, 7) is 12.2. The third-order valence-electron chi connectivity index (χ3n) is 3.28. The van der Waals surface area contributed by atoms with Crippen molar-refractivity contribution in [2.45, 2.75) is 66.5 Å². The topological polar surface area (TPSA) is 52.3 Å². The van der Waals surface area contributed by atoms with E-state index in [-0.39, 0.29) is 23.4 Å². The molecule has 0 aliphatic heterocycles. The van der Waals surface area contributed by atoms with Crippen molar-refractivity contribution in [2.75, 3.05) is 0 Å². The monoisotopic (exact) mass is 229 g/mol. The first-order chi connectivity index (χ1) is 7.22. The normalized spacial score (nSPS) is 16.0. The third kappa shape index (κ3) is 4.52. The van der Waals surface area contributed by atoms with Crippen molar-refractivity contribution in [3.05, 3.63) is 0 Å². The van der Waals surface area contributed by atoms with Crippen molar-refractivity contribution in [3.63, 3.8) is 0 Å². The molecule has 0 radical (unpaired) electrons. The van der Waals surface area contributed by atoms with Crippen LogP contribution < -0.4 is 5.73 Å². The number of carbonyl (C=O) groups is 1. The van der Waals surface area contributed by atoms with Gasteiger partial charge in [0.1, 0.15) is 12.1 Å². The number of carbonyl (C=O) groups excluding carboxylic acids is 1. The predicted octanol–water partition coefficient (Wildman–Crippen LogP) is 2.73. The van der Waals surface area contributed by atoms with Crippen molar-refractivity contribution in [3.8, 4) is 0 Å². The standard InChI is InChI=1S/C13H27NO2/c1-7-8-13(5,6)10(4)16-12(15)11(14)9(2)3/h9-11H,7-8,14H2,1-6H3. The minimum Gasteiger partial charge on any atom is -0.461 e. The molecule has 0 spiro atoms. The maximum Gasteiger partial charge on any atom is 0.323 e. The third-order valence-corrected chi connectivity index (χ3v) is 3.28. The van der Waals surface area contributed by atoms with Crippen molar-refractivity contribution in [1.29, 1.82) is 0 Å². The van der Waals surface area contributed by atoms with Gasteiger partial charge in [-0.2, -0.15) is 0 Å². The van der Waals surface area contributed by atoms with E-state index in [1.807, 2.05) is 20.8 Å². The minimum absolute atomic E-state index is 0.0150. The van der Waals surface area contributed by atoms with Gasteiger partial charge in [0.05, 0.1) is 0 Å². The quantitative estimate of drug-likeness (QED) is 0.712. The van der Waals surface area contributed by atoms with Crippen molar-refractivity contribution in [2.24, 2.45) is 17.1 Å². The summed E-state index contributed by atoms with van der Waals surface area (Å²) >= 11 is 0. The highest BCUT2D eigenvalue weighted by molar-refractivity contribution is 5.75. The summed E-state index contributed by atoms with van der Waals surface area (Å²) < 4.78 is 5.43. The lowest BCUT2D eigenvalue weighted by atomic mass is 9.83. The maximum absolute atomic E-state index is 11.7. The number of esters is 1. The molecule has 0 amide bonds. The Labute approximate surface area is 99.7 Å². The van der Waals surface area contributed by atoms with Crippen molar-refractivity contribution < 1.29 is 9.53 Å². The van der Waals surface area contributed by atoms with Crippen LogP contribution in [0.4, 0.5) is 0 Å². The highest BCUT2D eigenvalue weighted by Gasteiger charge is 2.30. The van der Waals surface area contributed by atoms with Gasteiger partial charge in [-0.3, -0.25) is 4.79 Å². The first kappa shape index (κ1) is 15.4. The van der Waals surface area contributed by atoms with Crippen molar-refractivity contribution >= 4 is 5.97 Å². The van der Waals surface area contributed by atoms with E-state index in [0.717, 1.165) is 12.8 Å². The lowest BCUT2D eigenvalue weighted by Crippen LogP contribution is -2.41. The van der Waals surface area contributed by atoms with Crippen LogP contribution in [0.25, 0.3) is 0 Å². The molecule has 2 N–H and O–H groups in total. The van der Waals surface area contributed by atoms with Gasteiger partial charge in [-0.05, 0) is 19.3 Å². The Hall–Kier alpha value is -0.570. The van der Waals surface area contributed by atoms with E-state index in [9.17, 15) is 4.79 Å². The summed E-state index contributed by atoms with van der Waals surface area (Å²) in [6, 6.07) is -0.514. The SMILES string of the molecule is CCCC(C)(C)C(C)OC(=O)C(N)C(C)C. The average Bonchev–Trinajstić information content (AvgIpc) is 2.15. The summed E-state index contributed by atoms with van der Waals surface area (Å²) in [7, 11) is 0. The molecule has 2 unspecified atom stereocenters. The Morgan fingerprint density at radius 2 is 1.81 bits per heavy atom. The van der Waals surface area contributed by atoms with Gasteiger partial charge in [0.25, 0.3) is 0 Å². The second-order valence-electron chi connectivity index (χ2n) is 5.59. The van der Waals surface area contributed by atoms with Gasteiger partial charge in [-0.15, -0.1) is 0 Å². The zero-order chi connectivity index (χ0) is 12.9. The summed E-state index contributed by atoms with van der Waals surface area (Å²) in [6.07, 6.45) is 2.04. The van der Waals surface area contributed by atoms with E-state index >= 15 is 0 Å². The maximum atomic E-state index is 11.7. The Morgan fingerprint density at radius 1 is 1.31 bits per heavy atom. The molecule has 0 heterocycles. The van der Waals surface area contributed by atoms with Crippen LogP contribution in [0.3, 0.4) is 0 Å². The fourth-order valence-electron chi connectivity index (χ4n) is 1.53. The first-order valence-corrected chi connectivity index (χ1v) is 6.18. The van der Waals surface area contributed by atoms with Crippen LogP contribution in [0.15, 0.2) is 0 Å². The molecule has 16 heavy (non-hydrogen) atoms. The zero-order valence-corrected chi connectivity index (χ0v) is 11.5. The van der Waals surface area contributed by atoms with E-state index < -0.39 is 6.04 Å². The van der Waals surface area contributed by atoms with E-state index in [2.05, 4.69) is 20.8 Å². The van der Waals surface area contributed by atoms with Crippen LogP contribution in [0.2, 0.25) is 0 Å². The van der Waals surface area contributed by atoms with Gasteiger partial charge >= 0.3 is 5.97 Å². The number of hydrogen-bond acceptors (Lipinski definition) is 3. The molecule has 96 valence electrons. The molecule has 0 saturated carbocycles. The van der Waals surface area contributed by atoms with E-state index in [4.69, 9.17) is 10.5 Å². The summed E-state index contributed by atoms with van der Waals surface area (Å²) in [4.78, 5) is 11.7. The molecule has 0 bridgehead atoms. The van der Waals surface area contributed by atoms with Crippen LogP contribution in [0.1, 0.15) is 54.4 Å². The Balaban J connectivity index is 4.34. The minimum atomic E-state index is -0.514. The van der Waals surface area contributed by atoms with Crippen LogP contribution >= 0.6 is 0 Å². The van der Waals surface area contributed by atoms with Crippen LogP contribution in [-0.2, 0) is 9.53 Å². The fraction of sp³-hybridized carbons (Fsp3) is 0.923. The second kappa shape index (κ2) is 6.24. The van der Waals surface area contributed by atoms with Crippen LogP contribution in [-0.4, -0.2) is 18.1 Å². The zero-order valence-electron chi connectivity index (χ0n) is 11.5. The van der Waals surface area contributed by atoms with Gasteiger partial charge in [0.15, 0.2) is 0 Å². The summed E-state index contributed by atoms with van der Waals surface area (Å²) in [5, 5.41) is 0. The molecule has 3 heteroatoms. The van der Waals surface area contributed by atoms with Gasteiger partial charge in [-0.1, -0.05) is 41.0 Å². The lowest BCUT2D eigenvalue weighted by molar-refractivity contribution is -0.156. The molecular formula is C13H27NO2. The molecule has 0 aliphatic carbocycles. The molecule has 0 saturated heterocycles. The van der Waals surface area contributed by atoms with Crippen molar-refractivity contribution in [1.82, 2.24) is 0 Å². The summed E-state index contributed by atoms with van der Waals surface area (Å²) in [5.74, 6) is -0.166. The molecular weight excluding hydrogens is 202 g/mol. The van der Waals surface area contributed by atoms with E-state index in [1.54, 1.807) is 0 Å². The van der Waals surface area contributed by atoms with E-state index in [1.165, 1.54) is 0 Å². The van der Waals surface area contributed by atoms with Gasteiger partial charge < -0.3 is 10.5 Å². The highest BCUT2D eigenvalue weighted by Crippen LogP contribution is 2.29. The van der Waals surface area contributed by atoms with Gasteiger partial charge in [0.2, 0.25) is 0 Å². The molecule has 0 fully saturated rings. The molecule has 0 aromatic heterocycles. The number of rotatable bonds is 6. The number of hydrogen-bond donors (Lipinski definition) is 1. The number of ether oxygens (including phenoxy) is 1. The van der Waals surface area contributed by atoms with Crippen LogP contribution in [0, 0.1) is 11.3 Å². The fourth-order valence-corrected chi connectivity index (χ4v) is 1.53. The number of nitrogens with two attached hydrogens (primary N) is 1. The molecule has 0 aromatic carbocycles. The average molecular weight is 229 g/mol. The van der Waals surface area contributed by atoms with Crippen LogP contribution in [0.5, 0.6) is 0 Å². The second-order valence-corrected chi connectivity index (χ2v) is 5.59. The highest BCUT2D eigenvalue weighted by atomic mass is 16.5. The predicted molar refractivity (Wildman–Crippen MR) is 67.1 cm³/mol. The molecule has 3 nitrogen and oxygen atoms in total. The molecule has 0 rings (SSSR count). The first-order valence-electron chi connectivity index (χ1n) is 6.18. The Morgan fingerprint density at radius 3 is 2.19 bits per heavy atom. The Kier molecular flexibility index (Phi) is 6.01. The molecule has 0 aromatic rings. The Bertz CT molecular complexity index is 224.